The largest absolute Gasteiger partial charge is 0.377 e. The zero-order chi connectivity index (χ0) is 19.9. The quantitative estimate of drug-likeness (QED) is 0.295. The molecule has 2 heterocycles. The fourth-order valence-corrected chi connectivity index (χ4v) is 3.00. The molecule has 158 valence electrons. The van der Waals surface area contributed by atoms with Crippen LogP contribution in [0.25, 0.3) is 0 Å². The van der Waals surface area contributed by atoms with Crippen LogP contribution in [-0.4, -0.2) is 56.2 Å². The number of nitrogens with two attached hydrogens (primary N) is 1. The minimum absolute atomic E-state index is 0. The summed E-state index contributed by atoms with van der Waals surface area (Å²) in [7, 11) is 3.44. The van der Waals surface area contributed by atoms with Gasteiger partial charge in [0.1, 0.15) is 5.82 Å². The van der Waals surface area contributed by atoms with E-state index in [4.69, 9.17) is 10.5 Å². The molecule has 0 spiro atoms. The van der Waals surface area contributed by atoms with Gasteiger partial charge in [-0.2, -0.15) is 0 Å². The maximum absolute atomic E-state index is 11.4. The number of piperidine rings is 1. The standard InChI is InChI=1S/C19H32N6O2.HI/c1-19(2,27-4)13-24-18(21-3)23-12-15-6-5-9-22-17(15)25-10-7-14(8-11-25)16(20)26;/h5-6,9,14H,7-8,10-13H2,1-4H3,(H2,20,26)(H2,21,23,24);1H. The topological polar surface area (TPSA) is 105 Å². The van der Waals surface area contributed by atoms with Crippen LogP contribution < -0.4 is 21.3 Å². The third kappa shape index (κ3) is 7.08. The molecule has 2 rings (SSSR count). The van der Waals surface area contributed by atoms with Crippen molar-refractivity contribution in [2.45, 2.75) is 38.8 Å². The first-order chi connectivity index (χ1) is 12.9. The lowest BCUT2D eigenvalue weighted by atomic mass is 9.96. The Morgan fingerprint density at radius 1 is 1.39 bits per heavy atom. The Labute approximate surface area is 184 Å². The summed E-state index contributed by atoms with van der Waals surface area (Å²) >= 11 is 0. The third-order valence-electron chi connectivity index (χ3n) is 4.97. The number of methoxy groups -OCH3 is 1. The number of guanidine groups is 1. The van der Waals surface area contributed by atoms with E-state index in [1.54, 1.807) is 20.4 Å². The number of amides is 1. The van der Waals surface area contributed by atoms with E-state index >= 15 is 0 Å². The lowest BCUT2D eigenvalue weighted by molar-refractivity contribution is -0.122. The van der Waals surface area contributed by atoms with Crippen molar-refractivity contribution in [1.82, 2.24) is 15.6 Å². The van der Waals surface area contributed by atoms with Gasteiger partial charge >= 0.3 is 0 Å². The Balaban J connectivity index is 0.00000392. The number of aliphatic imine (C=N–C) groups is 1. The lowest BCUT2D eigenvalue weighted by Gasteiger charge is -2.32. The number of halogens is 1. The molecule has 1 fully saturated rings. The van der Waals surface area contributed by atoms with Crippen LogP contribution in [0.3, 0.4) is 0 Å². The van der Waals surface area contributed by atoms with Gasteiger partial charge in [0.25, 0.3) is 0 Å². The Kier molecular flexibility index (Phi) is 9.94. The van der Waals surface area contributed by atoms with Gasteiger partial charge in [0, 0.05) is 58.0 Å². The highest BCUT2D eigenvalue weighted by Crippen LogP contribution is 2.24. The molecule has 0 atom stereocenters. The molecular weight excluding hydrogens is 471 g/mol. The fourth-order valence-electron chi connectivity index (χ4n) is 3.00. The van der Waals surface area contributed by atoms with Crippen LogP contribution in [0, 0.1) is 5.92 Å². The molecule has 4 N–H and O–H groups in total. The number of pyridine rings is 1. The first kappa shape index (κ1) is 24.4. The van der Waals surface area contributed by atoms with Crippen molar-refractivity contribution in [3.05, 3.63) is 23.9 Å². The average molecular weight is 504 g/mol. The van der Waals surface area contributed by atoms with Gasteiger partial charge in [-0.05, 0) is 32.8 Å². The van der Waals surface area contributed by atoms with E-state index in [2.05, 4.69) is 31.6 Å². The number of carbonyl (C=O) groups excluding carboxylic acids is 1. The average Bonchev–Trinajstić information content (AvgIpc) is 2.68. The normalized spacial score (nSPS) is 15.7. The number of nitrogens with one attached hydrogen (secondary N) is 2. The minimum Gasteiger partial charge on any atom is -0.377 e. The fraction of sp³-hybridized carbons (Fsp3) is 0.632. The monoisotopic (exact) mass is 504 g/mol. The zero-order valence-corrected chi connectivity index (χ0v) is 19.5. The van der Waals surface area contributed by atoms with E-state index in [1.165, 1.54) is 0 Å². The summed E-state index contributed by atoms with van der Waals surface area (Å²) in [6, 6.07) is 3.99. The van der Waals surface area contributed by atoms with Gasteiger partial charge in [0.2, 0.25) is 5.91 Å². The second kappa shape index (κ2) is 11.4. The Bertz CT molecular complexity index is 660. The molecule has 8 nitrogen and oxygen atoms in total. The molecule has 0 aliphatic carbocycles. The van der Waals surface area contributed by atoms with E-state index < -0.39 is 0 Å². The number of anilines is 1. The zero-order valence-electron chi connectivity index (χ0n) is 17.2. The van der Waals surface area contributed by atoms with Crippen molar-refractivity contribution >= 4 is 41.7 Å². The molecule has 1 aliphatic heterocycles. The predicted molar refractivity (Wildman–Crippen MR) is 123 cm³/mol. The number of hydrogen-bond acceptors (Lipinski definition) is 5. The predicted octanol–water partition coefficient (Wildman–Crippen LogP) is 1.49. The summed E-state index contributed by atoms with van der Waals surface area (Å²) < 4.78 is 5.42. The van der Waals surface area contributed by atoms with Crippen LogP contribution in [0.5, 0.6) is 0 Å². The molecular formula is C19H33IN6O2. The molecule has 1 aliphatic rings. The molecule has 9 heteroatoms. The number of primary amides is 1. The number of carbonyl (C=O) groups is 1. The first-order valence-electron chi connectivity index (χ1n) is 9.34. The number of ether oxygens (including phenoxy) is 1. The molecule has 0 radical (unpaired) electrons. The smallest absolute Gasteiger partial charge is 0.220 e. The molecule has 1 amide bonds. The molecule has 0 aromatic carbocycles. The molecule has 1 aromatic heterocycles. The SMILES string of the molecule is CN=C(NCc1cccnc1N1CCC(C(N)=O)CC1)NCC(C)(C)OC.I. The van der Waals surface area contributed by atoms with Crippen LogP contribution in [0.1, 0.15) is 32.3 Å². The first-order valence-corrected chi connectivity index (χ1v) is 9.34. The van der Waals surface area contributed by atoms with Gasteiger partial charge in [-0.15, -0.1) is 24.0 Å². The van der Waals surface area contributed by atoms with E-state index in [-0.39, 0.29) is 41.4 Å². The highest BCUT2D eigenvalue weighted by atomic mass is 127. The summed E-state index contributed by atoms with van der Waals surface area (Å²) in [5, 5.41) is 6.61. The highest BCUT2D eigenvalue weighted by molar-refractivity contribution is 14.0. The van der Waals surface area contributed by atoms with Gasteiger partial charge in [-0.3, -0.25) is 9.79 Å². The van der Waals surface area contributed by atoms with Crippen molar-refractivity contribution in [2.24, 2.45) is 16.6 Å². The van der Waals surface area contributed by atoms with Crippen LogP contribution in [0.15, 0.2) is 23.3 Å². The van der Waals surface area contributed by atoms with Crippen molar-refractivity contribution in [3.63, 3.8) is 0 Å². The molecule has 1 saturated heterocycles. The van der Waals surface area contributed by atoms with Gasteiger partial charge in [-0.25, -0.2) is 4.98 Å². The molecule has 0 unspecified atom stereocenters. The van der Waals surface area contributed by atoms with Crippen molar-refractivity contribution in [1.29, 1.82) is 0 Å². The van der Waals surface area contributed by atoms with E-state index in [1.807, 2.05) is 19.9 Å². The molecule has 1 aromatic rings. The van der Waals surface area contributed by atoms with Gasteiger partial charge in [0.15, 0.2) is 5.96 Å². The van der Waals surface area contributed by atoms with Crippen LogP contribution in [0.4, 0.5) is 5.82 Å². The van der Waals surface area contributed by atoms with Crippen molar-refractivity contribution in [2.75, 3.05) is 38.7 Å². The van der Waals surface area contributed by atoms with Gasteiger partial charge in [0.05, 0.1) is 5.60 Å². The Hall–Kier alpha value is -1.62. The number of rotatable bonds is 7. The lowest BCUT2D eigenvalue weighted by Crippen LogP contribution is -2.45. The highest BCUT2D eigenvalue weighted by Gasteiger charge is 2.25. The molecule has 28 heavy (non-hydrogen) atoms. The van der Waals surface area contributed by atoms with Gasteiger partial charge < -0.3 is 26.0 Å². The molecule has 0 bridgehead atoms. The second-order valence-electron chi connectivity index (χ2n) is 7.39. The van der Waals surface area contributed by atoms with Crippen molar-refractivity contribution < 1.29 is 9.53 Å². The number of hydrogen-bond donors (Lipinski definition) is 3. The van der Waals surface area contributed by atoms with Crippen LogP contribution in [0.2, 0.25) is 0 Å². The van der Waals surface area contributed by atoms with E-state index in [0.29, 0.717) is 19.0 Å². The summed E-state index contributed by atoms with van der Waals surface area (Å²) in [4.78, 5) is 22.4. The molecule has 0 saturated carbocycles. The third-order valence-corrected chi connectivity index (χ3v) is 4.97. The summed E-state index contributed by atoms with van der Waals surface area (Å²) in [5.74, 6) is 1.42. The van der Waals surface area contributed by atoms with Crippen molar-refractivity contribution in [3.8, 4) is 0 Å². The van der Waals surface area contributed by atoms with Crippen LogP contribution >= 0.6 is 24.0 Å². The number of aromatic nitrogens is 1. The maximum atomic E-state index is 11.4. The van der Waals surface area contributed by atoms with Crippen LogP contribution in [-0.2, 0) is 16.1 Å². The van der Waals surface area contributed by atoms with Gasteiger partial charge in [-0.1, -0.05) is 6.07 Å². The summed E-state index contributed by atoms with van der Waals surface area (Å²) in [6.07, 6.45) is 3.34. The van der Waals surface area contributed by atoms with E-state index in [9.17, 15) is 4.79 Å². The summed E-state index contributed by atoms with van der Waals surface area (Å²) in [5.41, 5.74) is 6.25. The second-order valence-corrected chi connectivity index (χ2v) is 7.39. The minimum atomic E-state index is -0.276. The summed E-state index contributed by atoms with van der Waals surface area (Å²) in [6.45, 7) is 6.85. The Morgan fingerprint density at radius 2 is 2.07 bits per heavy atom. The maximum Gasteiger partial charge on any atom is 0.220 e. The number of nitrogens with zero attached hydrogens (tertiary/aromatic N) is 3. The Morgan fingerprint density at radius 3 is 2.64 bits per heavy atom. The van der Waals surface area contributed by atoms with E-state index in [0.717, 1.165) is 37.3 Å².